The highest BCUT2D eigenvalue weighted by molar-refractivity contribution is 9.09. The maximum absolute atomic E-state index is 14.3. The van der Waals surface area contributed by atoms with E-state index in [1.807, 2.05) is 4.90 Å². The molecule has 4 aliphatic rings. The monoisotopic (exact) mass is 623 g/mol. The molecule has 4 fully saturated rings. The van der Waals surface area contributed by atoms with E-state index in [2.05, 4.69) is 34.4 Å². The molecule has 10 nitrogen and oxygen atoms in total. The fourth-order valence-electron chi connectivity index (χ4n) is 7.03. The number of likely N-dealkylation sites (tertiary alicyclic amines) is 1. The summed E-state index contributed by atoms with van der Waals surface area (Å²) in [4.78, 5) is 56.7. The first-order chi connectivity index (χ1) is 19.2. The van der Waals surface area contributed by atoms with E-state index in [4.69, 9.17) is 9.47 Å². The Labute approximate surface area is 244 Å². The van der Waals surface area contributed by atoms with E-state index in [0.717, 1.165) is 32.1 Å². The van der Waals surface area contributed by atoms with Gasteiger partial charge in [0.25, 0.3) is 0 Å². The minimum Gasteiger partial charge on any atom is -0.460 e. The predicted octanol–water partition coefficient (Wildman–Crippen LogP) is 2.09. The van der Waals surface area contributed by atoms with Gasteiger partial charge in [-0.2, -0.15) is 0 Å². The average Bonchev–Trinajstić information content (AvgIpc) is 3.53. The lowest BCUT2D eigenvalue weighted by Crippen LogP contribution is -2.59. The maximum Gasteiger partial charge on any atom is 0.312 e. The van der Waals surface area contributed by atoms with E-state index < -0.39 is 41.7 Å². The first kappa shape index (κ1) is 30.7. The van der Waals surface area contributed by atoms with Crippen molar-refractivity contribution < 1.29 is 33.8 Å². The normalized spacial score (nSPS) is 31.9. The Bertz CT molecular complexity index is 1000. The zero-order chi connectivity index (χ0) is 29.0. The lowest BCUT2D eigenvalue weighted by molar-refractivity contribution is -0.159. The molecule has 0 aromatic heterocycles. The minimum absolute atomic E-state index is 0.0318. The molecule has 3 heterocycles. The van der Waals surface area contributed by atoms with Gasteiger partial charge in [0.05, 0.1) is 31.1 Å². The molecule has 1 spiro atoms. The number of nitrogens with one attached hydrogen (secondary N) is 1. The fraction of sp³-hybridized carbons (Fsp3) is 0.724. The summed E-state index contributed by atoms with van der Waals surface area (Å²) in [6.07, 6.45) is 8.31. The number of hydrogen-bond acceptors (Lipinski definition) is 7. The molecule has 2 N–H and O–H groups in total. The van der Waals surface area contributed by atoms with Crippen LogP contribution in [-0.2, 0) is 28.7 Å². The van der Waals surface area contributed by atoms with Crippen molar-refractivity contribution in [1.82, 2.24) is 15.1 Å². The van der Waals surface area contributed by atoms with Gasteiger partial charge in [-0.15, -0.1) is 13.2 Å². The van der Waals surface area contributed by atoms with Crippen LogP contribution in [0.2, 0.25) is 0 Å². The highest BCUT2D eigenvalue weighted by Crippen LogP contribution is 2.60. The van der Waals surface area contributed by atoms with Gasteiger partial charge in [-0.05, 0) is 32.6 Å². The second-order valence-electron chi connectivity index (χ2n) is 11.4. The number of fused-ring (bicyclic) bond motifs is 1. The first-order valence-corrected chi connectivity index (χ1v) is 15.3. The van der Waals surface area contributed by atoms with Crippen LogP contribution in [0.4, 0.5) is 0 Å². The van der Waals surface area contributed by atoms with Gasteiger partial charge < -0.3 is 29.7 Å². The Balaban J connectivity index is 1.57. The summed E-state index contributed by atoms with van der Waals surface area (Å²) in [6, 6.07) is -0.911. The number of nitrogens with zero attached hydrogens (tertiary/aromatic N) is 2. The van der Waals surface area contributed by atoms with E-state index >= 15 is 0 Å². The van der Waals surface area contributed by atoms with Crippen molar-refractivity contribution in [3.8, 4) is 0 Å². The number of rotatable bonds is 13. The zero-order valence-electron chi connectivity index (χ0n) is 23.3. The van der Waals surface area contributed by atoms with Crippen LogP contribution in [0.1, 0.15) is 58.3 Å². The highest BCUT2D eigenvalue weighted by atomic mass is 79.9. The first-order valence-electron chi connectivity index (χ1n) is 14.4. The van der Waals surface area contributed by atoms with Crippen molar-refractivity contribution >= 4 is 39.6 Å². The van der Waals surface area contributed by atoms with Crippen molar-refractivity contribution in [3.63, 3.8) is 0 Å². The van der Waals surface area contributed by atoms with E-state index in [0.29, 0.717) is 25.8 Å². The van der Waals surface area contributed by atoms with Crippen molar-refractivity contribution in [2.45, 2.75) is 93.0 Å². The van der Waals surface area contributed by atoms with Gasteiger partial charge in [0.15, 0.2) is 0 Å². The molecule has 0 aromatic carbocycles. The molecule has 0 aromatic rings. The molecule has 1 aliphatic carbocycles. The number of ether oxygens (including phenoxy) is 2. The van der Waals surface area contributed by atoms with Gasteiger partial charge >= 0.3 is 5.97 Å². The standard InChI is InChI=1S/C29H42BrN3O7/c1-4-6-12-21(35)31-17-18(3)39-28(38)22-23-26(36)33(14-15-34)25(29(23)16-20(30)24(22)40-29)27(37)32(13-5-2)19-10-8-7-9-11-19/h4-5,18-20,22-25,34H,1-2,6-17H2,3H3,(H,31,35)/t18-,20?,22-,23+,24-,25-,29+/m0/s1. The van der Waals surface area contributed by atoms with Crippen LogP contribution in [-0.4, -0.2) is 99.6 Å². The van der Waals surface area contributed by atoms with Crippen LogP contribution in [0.3, 0.4) is 0 Å². The lowest BCUT2D eigenvalue weighted by atomic mass is 9.70. The second-order valence-corrected chi connectivity index (χ2v) is 12.5. The molecule has 11 heteroatoms. The molecule has 2 bridgehead atoms. The molecule has 3 saturated heterocycles. The summed E-state index contributed by atoms with van der Waals surface area (Å²) >= 11 is 3.66. The Morgan fingerprint density at radius 3 is 2.65 bits per heavy atom. The number of β-amino-alcohol motifs (C(OH)–C–C–N with tert-alkyl or cyclic N) is 1. The third kappa shape index (κ3) is 5.74. The largest absolute Gasteiger partial charge is 0.460 e. The Hall–Kier alpha value is -2.24. The summed E-state index contributed by atoms with van der Waals surface area (Å²) in [5, 5.41) is 12.6. The lowest BCUT2D eigenvalue weighted by Gasteiger charge is -2.40. The average molecular weight is 625 g/mol. The van der Waals surface area contributed by atoms with Crippen LogP contribution in [0, 0.1) is 11.8 Å². The number of carbonyl (C=O) groups is 4. The quantitative estimate of drug-likeness (QED) is 0.183. The molecule has 1 unspecified atom stereocenters. The van der Waals surface area contributed by atoms with Crippen LogP contribution < -0.4 is 5.32 Å². The molecule has 3 aliphatic heterocycles. The molecule has 222 valence electrons. The van der Waals surface area contributed by atoms with E-state index in [9.17, 15) is 24.3 Å². The molecule has 0 radical (unpaired) electrons. The fourth-order valence-corrected chi connectivity index (χ4v) is 7.97. The summed E-state index contributed by atoms with van der Waals surface area (Å²) in [5.41, 5.74) is -1.21. The third-order valence-electron chi connectivity index (χ3n) is 8.74. The second kappa shape index (κ2) is 13.2. The van der Waals surface area contributed by atoms with Crippen molar-refractivity contribution in [2.75, 3.05) is 26.2 Å². The van der Waals surface area contributed by atoms with Crippen LogP contribution >= 0.6 is 15.9 Å². The summed E-state index contributed by atoms with van der Waals surface area (Å²) in [6.45, 7) is 9.28. The predicted molar refractivity (Wildman–Crippen MR) is 151 cm³/mol. The molecular weight excluding hydrogens is 582 g/mol. The summed E-state index contributed by atoms with van der Waals surface area (Å²) in [7, 11) is 0. The summed E-state index contributed by atoms with van der Waals surface area (Å²) in [5.74, 6) is -3.16. The Morgan fingerprint density at radius 1 is 1.27 bits per heavy atom. The van der Waals surface area contributed by atoms with Gasteiger partial charge in [0, 0.05) is 30.4 Å². The van der Waals surface area contributed by atoms with Gasteiger partial charge in [-0.1, -0.05) is 47.3 Å². The Morgan fingerprint density at radius 2 is 2.00 bits per heavy atom. The molecule has 7 atom stereocenters. The number of halogens is 1. The van der Waals surface area contributed by atoms with Crippen molar-refractivity contribution in [3.05, 3.63) is 25.3 Å². The number of aliphatic hydroxyl groups is 1. The van der Waals surface area contributed by atoms with Crippen molar-refractivity contribution in [1.29, 1.82) is 0 Å². The molecule has 3 amide bonds. The van der Waals surface area contributed by atoms with E-state index in [-0.39, 0.29) is 48.3 Å². The summed E-state index contributed by atoms with van der Waals surface area (Å²) < 4.78 is 12.2. The van der Waals surface area contributed by atoms with Gasteiger partial charge in [0.1, 0.15) is 17.7 Å². The number of allylic oxidation sites excluding steroid dienone is 1. The molecular formula is C29H42BrN3O7. The molecule has 4 rings (SSSR count). The van der Waals surface area contributed by atoms with Crippen LogP contribution in [0.25, 0.3) is 0 Å². The van der Waals surface area contributed by atoms with Gasteiger partial charge in [-0.25, -0.2) is 0 Å². The third-order valence-corrected chi connectivity index (χ3v) is 9.58. The number of hydrogen-bond donors (Lipinski definition) is 2. The van der Waals surface area contributed by atoms with Gasteiger partial charge in [0.2, 0.25) is 17.7 Å². The number of alkyl halides is 1. The topological polar surface area (TPSA) is 125 Å². The SMILES string of the molecule is C=CCCC(=O)NC[C@H](C)OC(=O)[C@@H]1[C@H]2O[C@@]3(CC2Br)[C@H](C(=O)N(CC=C)C2CCCCC2)N(CCO)C(=O)[C@@H]13. The van der Waals surface area contributed by atoms with Crippen molar-refractivity contribution in [2.24, 2.45) is 11.8 Å². The zero-order valence-corrected chi connectivity index (χ0v) is 24.9. The molecule has 40 heavy (non-hydrogen) atoms. The Kier molecular flexibility index (Phi) is 10.1. The van der Waals surface area contributed by atoms with Crippen LogP contribution in [0.15, 0.2) is 25.3 Å². The van der Waals surface area contributed by atoms with Gasteiger partial charge in [-0.3, -0.25) is 19.2 Å². The molecule has 1 saturated carbocycles. The number of amides is 3. The number of carbonyl (C=O) groups excluding carboxylic acids is 4. The number of esters is 1. The van der Waals surface area contributed by atoms with Crippen LogP contribution in [0.5, 0.6) is 0 Å². The minimum atomic E-state index is -1.21. The van der Waals surface area contributed by atoms with E-state index in [1.165, 1.54) is 4.90 Å². The number of aliphatic hydroxyl groups excluding tert-OH is 1. The van der Waals surface area contributed by atoms with E-state index in [1.54, 1.807) is 19.1 Å². The maximum atomic E-state index is 14.3. The highest BCUT2D eigenvalue weighted by Gasteiger charge is 2.77. The smallest absolute Gasteiger partial charge is 0.312 e.